The fourth-order valence-corrected chi connectivity index (χ4v) is 5.03. The third kappa shape index (κ3) is 5.16. The van der Waals surface area contributed by atoms with Gasteiger partial charge in [0, 0.05) is 30.0 Å². The monoisotopic (exact) mass is 484 g/mol. The summed E-state index contributed by atoms with van der Waals surface area (Å²) in [6.07, 6.45) is 0. The smallest absolute Gasteiger partial charge is 0.254 e. The molecule has 1 aliphatic heterocycles. The van der Waals surface area contributed by atoms with Gasteiger partial charge >= 0.3 is 0 Å². The Kier molecular flexibility index (Phi) is 6.97. The zero-order valence-electron chi connectivity index (χ0n) is 20.0. The minimum Gasteiger partial charge on any atom is -0.378 e. The number of nitrogens with zero attached hydrogens (tertiary/aromatic N) is 4. The van der Waals surface area contributed by atoms with Crippen LogP contribution in [0.1, 0.15) is 27.0 Å². The van der Waals surface area contributed by atoms with Crippen molar-refractivity contribution in [2.45, 2.75) is 24.8 Å². The molecule has 1 aromatic heterocycles. The number of hydrogen-bond acceptors (Lipinski definition) is 5. The number of rotatable bonds is 6. The van der Waals surface area contributed by atoms with Crippen molar-refractivity contribution in [1.82, 2.24) is 19.7 Å². The molecule has 0 spiro atoms. The zero-order valence-corrected chi connectivity index (χ0v) is 20.8. The first-order chi connectivity index (χ1) is 17.1. The van der Waals surface area contributed by atoms with Crippen molar-refractivity contribution in [3.8, 4) is 17.1 Å². The third-order valence-electron chi connectivity index (χ3n) is 6.17. The molecule has 0 bridgehead atoms. The summed E-state index contributed by atoms with van der Waals surface area (Å²) < 4.78 is 7.49. The van der Waals surface area contributed by atoms with Crippen molar-refractivity contribution >= 4 is 17.7 Å². The van der Waals surface area contributed by atoms with E-state index in [2.05, 4.69) is 65.0 Å². The lowest BCUT2D eigenvalue weighted by atomic mass is 10.1. The second-order valence-corrected chi connectivity index (χ2v) is 9.63. The SMILES string of the molecule is Cc1ccc(-c2nnc(SCc3ccc(C(=O)N4CCOCC4)cc3)n2-c2ccccc2C)cc1. The standard InChI is InChI=1S/C28H28N4O2S/c1-20-7-11-23(12-8-20)26-29-30-28(32(26)25-6-4-3-5-21(25)2)35-19-22-9-13-24(14-10-22)27(33)31-15-17-34-18-16-31/h3-14H,15-19H2,1-2H3. The van der Waals surface area contributed by atoms with Gasteiger partial charge in [-0.05, 0) is 43.2 Å². The van der Waals surface area contributed by atoms with Crippen LogP contribution in [0.25, 0.3) is 17.1 Å². The molecule has 6 nitrogen and oxygen atoms in total. The Morgan fingerprint density at radius 2 is 1.63 bits per heavy atom. The highest BCUT2D eigenvalue weighted by Crippen LogP contribution is 2.31. The first kappa shape index (κ1) is 23.3. The number of ether oxygens (including phenoxy) is 1. The quantitative estimate of drug-likeness (QED) is 0.347. The lowest BCUT2D eigenvalue weighted by Gasteiger charge is -2.26. The number of para-hydroxylation sites is 1. The molecule has 4 aromatic rings. The van der Waals surface area contributed by atoms with Gasteiger partial charge in [0.2, 0.25) is 0 Å². The highest BCUT2D eigenvalue weighted by Gasteiger charge is 2.19. The van der Waals surface area contributed by atoms with Crippen molar-refractivity contribution in [2.24, 2.45) is 0 Å². The Morgan fingerprint density at radius 1 is 0.914 bits per heavy atom. The van der Waals surface area contributed by atoms with Gasteiger partial charge in [-0.15, -0.1) is 10.2 Å². The van der Waals surface area contributed by atoms with E-state index in [4.69, 9.17) is 4.74 Å². The number of amides is 1. The molecule has 0 saturated carbocycles. The minimum atomic E-state index is 0.0644. The molecule has 2 heterocycles. The van der Waals surface area contributed by atoms with Crippen LogP contribution in [0.2, 0.25) is 0 Å². The van der Waals surface area contributed by atoms with Crippen molar-refractivity contribution in [3.63, 3.8) is 0 Å². The summed E-state index contributed by atoms with van der Waals surface area (Å²) in [5.74, 6) is 1.62. The Balaban J connectivity index is 1.38. The maximum Gasteiger partial charge on any atom is 0.254 e. The van der Waals surface area contributed by atoms with Crippen LogP contribution in [0.15, 0.2) is 78.0 Å². The Bertz CT molecular complexity index is 1310. The molecule has 5 rings (SSSR count). The first-order valence-electron chi connectivity index (χ1n) is 11.8. The van der Waals surface area contributed by atoms with Crippen LogP contribution in [0.3, 0.4) is 0 Å². The predicted molar refractivity (Wildman–Crippen MR) is 139 cm³/mol. The molecule has 0 unspecified atom stereocenters. The van der Waals surface area contributed by atoms with Crippen molar-refractivity contribution in [1.29, 1.82) is 0 Å². The van der Waals surface area contributed by atoms with Gasteiger partial charge in [0.25, 0.3) is 5.91 Å². The molecule has 178 valence electrons. The normalized spacial score (nSPS) is 13.7. The van der Waals surface area contributed by atoms with Gasteiger partial charge in [-0.2, -0.15) is 0 Å². The summed E-state index contributed by atoms with van der Waals surface area (Å²) in [6, 6.07) is 24.5. The third-order valence-corrected chi connectivity index (χ3v) is 7.17. The highest BCUT2D eigenvalue weighted by atomic mass is 32.2. The summed E-state index contributed by atoms with van der Waals surface area (Å²) in [4.78, 5) is 14.6. The summed E-state index contributed by atoms with van der Waals surface area (Å²) in [5, 5.41) is 9.96. The van der Waals surface area contributed by atoms with Crippen LogP contribution >= 0.6 is 11.8 Å². The van der Waals surface area contributed by atoms with E-state index in [1.165, 1.54) is 5.56 Å². The minimum absolute atomic E-state index is 0.0644. The number of carbonyl (C=O) groups is 1. The number of hydrogen-bond donors (Lipinski definition) is 0. The Morgan fingerprint density at radius 3 is 2.34 bits per heavy atom. The van der Waals surface area contributed by atoms with Crippen LogP contribution in [-0.4, -0.2) is 51.9 Å². The molecular formula is C28H28N4O2S. The van der Waals surface area contributed by atoms with Crippen molar-refractivity contribution < 1.29 is 9.53 Å². The van der Waals surface area contributed by atoms with E-state index >= 15 is 0 Å². The van der Waals surface area contributed by atoms with Gasteiger partial charge in [-0.3, -0.25) is 9.36 Å². The van der Waals surface area contributed by atoms with E-state index in [0.29, 0.717) is 31.9 Å². The van der Waals surface area contributed by atoms with E-state index in [1.54, 1.807) is 11.8 Å². The first-order valence-corrected chi connectivity index (χ1v) is 12.8. The second kappa shape index (κ2) is 10.5. The fourth-order valence-electron chi connectivity index (χ4n) is 4.12. The van der Waals surface area contributed by atoms with E-state index in [0.717, 1.165) is 39.1 Å². The van der Waals surface area contributed by atoms with Crippen LogP contribution in [0.4, 0.5) is 0 Å². The molecule has 35 heavy (non-hydrogen) atoms. The molecule has 0 N–H and O–H groups in total. The van der Waals surface area contributed by atoms with Crippen LogP contribution in [0.5, 0.6) is 0 Å². The molecule has 1 amide bonds. The van der Waals surface area contributed by atoms with Gasteiger partial charge in [-0.25, -0.2) is 0 Å². The average Bonchev–Trinajstić information content (AvgIpc) is 3.32. The van der Waals surface area contributed by atoms with Crippen LogP contribution < -0.4 is 0 Å². The molecule has 0 aliphatic carbocycles. The van der Waals surface area contributed by atoms with Gasteiger partial charge in [-0.1, -0.05) is 71.9 Å². The van der Waals surface area contributed by atoms with E-state index < -0.39 is 0 Å². The molecule has 1 saturated heterocycles. The van der Waals surface area contributed by atoms with Gasteiger partial charge < -0.3 is 9.64 Å². The molecule has 1 fully saturated rings. The molecule has 1 aliphatic rings. The predicted octanol–water partition coefficient (Wildman–Crippen LogP) is 5.32. The second-order valence-electron chi connectivity index (χ2n) is 8.68. The molecule has 3 aromatic carbocycles. The number of benzene rings is 3. The lowest BCUT2D eigenvalue weighted by molar-refractivity contribution is 0.0303. The number of morpholine rings is 1. The zero-order chi connectivity index (χ0) is 24.2. The number of aryl methyl sites for hydroxylation is 2. The van der Waals surface area contributed by atoms with Crippen molar-refractivity contribution in [3.05, 3.63) is 95.1 Å². The van der Waals surface area contributed by atoms with Crippen LogP contribution in [-0.2, 0) is 10.5 Å². The Hall–Kier alpha value is -3.42. The fraction of sp³-hybridized carbons (Fsp3) is 0.250. The van der Waals surface area contributed by atoms with Crippen LogP contribution in [0, 0.1) is 13.8 Å². The van der Waals surface area contributed by atoms with Gasteiger partial charge in [0.05, 0.1) is 18.9 Å². The molecule has 0 radical (unpaired) electrons. The highest BCUT2D eigenvalue weighted by molar-refractivity contribution is 7.98. The lowest BCUT2D eigenvalue weighted by Crippen LogP contribution is -2.40. The van der Waals surface area contributed by atoms with Gasteiger partial charge in [0.15, 0.2) is 11.0 Å². The average molecular weight is 485 g/mol. The molecule has 7 heteroatoms. The Labute approximate surface area is 210 Å². The maximum absolute atomic E-state index is 12.7. The van der Waals surface area contributed by atoms with Crippen molar-refractivity contribution in [2.75, 3.05) is 26.3 Å². The largest absolute Gasteiger partial charge is 0.378 e. The van der Waals surface area contributed by atoms with E-state index in [1.807, 2.05) is 41.3 Å². The number of carbonyl (C=O) groups excluding carboxylic acids is 1. The maximum atomic E-state index is 12.7. The summed E-state index contributed by atoms with van der Waals surface area (Å²) in [6.45, 7) is 6.69. The number of aromatic nitrogens is 3. The topological polar surface area (TPSA) is 60.3 Å². The summed E-state index contributed by atoms with van der Waals surface area (Å²) >= 11 is 1.64. The summed E-state index contributed by atoms with van der Waals surface area (Å²) in [7, 11) is 0. The van der Waals surface area contributed by atoms with E-state index in [9.17, 15) is 4.79 Å². The van der Waals surface area contributed by atoms with E-state index in [-0.39, 0.29) is 5.91 Å². The molecular weight excluding hydrogens is 456 g/mol. The summed E-state index contributed by atoms with van der Waals surface area (Å²) in [5.41, 5.74) is 6.32. The number of thioether (sulfide) groups is 1. The molecule has 0 atom stereocenters. The van der Waals surface area contributed by atoms with Gasteiger partial charge in [0.1, 0.15) is 0 Å².